The van der Waals surface area contributed by atoms with Crippen LogP contribution in [-0.2, 0) is 4.79 Å². The molecule has 0 spiro atoms. The molecular formula is C23H24FN3O2S. The Morgan fingerprint density at radius 1 is 1.27 bits per heavy atom. The van der Waals surface area contributed by atoms with E-state index in [0.29, 0.717) is 11.8 Å². The number of carbonyl (C=O) groups excluding carboxylic acids is 1. The lowest BCUT2D eigenvalue weighted by molar-refractivity contribution is -0.124. The second-order valence-electron chi connectivity index (χ2n) is 8.50. The third kappa shape index (κ3) is 3.67. The first-order valence-corrected chi connectivity index (χ1v) is 11.4. The van der Waals surface area contributed by atoms with Crippen LogP contribution in [-0.4, -0.2) is 28.5 Å². The van der Waals surface area contributed by atoms with Gasteiger partial charge in [-0.25, -0.2) is 14.4 Å². The fourth-order valence-corrected chi connectivity index (χ4v) is 6.15. The zero-order chi connectivity index (χ0) is 20.7. The summed E-state index contributed by atoms with van der Waals surface area (Å²) in [6.07, 6.45) is 6.65. The van der Waals surface area contributed by atoms with E-state index in [-0.39, 0.29) is 24.4 Å². The molecule has 30 heavy (non-hydrogen) atoms. The first-order chi connectivity index (χ1) is 14.6. The van der Waals surface area contributed by atoms with Gasteiger partial charge in [-0.1, -0.05) is 18.6 Å². The number of benzene rings is 1. The summed E-state index contributed by atoms with van der Waals surface area (Å²) >= 11 is 1.47. The van der Waals surface area contributed by atoms with Crippen LogP contribution in [0.15, 0.2) is 36.0 Å². The van der Waals surface area contributed by atoms with Crippen LogP contribution in [0, 0.1) is 23.6 Å². The Morgan fingerprint density at radius 2 is 2.10 bits per heavy atom. The van der Waals surface area contributed by atoms with Gasteiger partial charge in [0.25, 0.3) is 5.91 Å². The summed E-state index contributed by atoms with van der Waals surface area (Å²) in [5.74, 6) is 2.16. The number of amides is 1. The normalized spacial score (nSPS) is 23.6. The fourth-order valence-electron chi connectivity index (χ4n) is 5.24. The average molecular weight is 426 g/mol. The summed E-state index contributed by atoms with van der Waals surface area (Å²) in [5.41, 5.74) is 1.73. The fraction of sp³-hybridized carbons (Fsp3) is 0.435. The maximum absolute atomic E-state index is 13.3. The van der Waals surface area contributed by atoms with E-state index in [1.165, 1.54) is 55.5 Å². The lowest BCUT2D eigenvalue weighted by Gasteiger charge is -2.28. The topological polar surface area (TPSA) is 64.1 Å². The maximum atomic E-state index is 13.3. The van der Waals surface area contributed by atoms with E-state index in [1.54, 1.807) is 12.1 Å². The standard InChI is InChI=1S/C23H24FN3O2S/c1-13(18-9-14-2-3-16(18)8-14)27-20(28)10-29-22-21-19(11-30-23(21)26-12-25-22)15-4-6-17(24)7-5-15/h4-7,11-14,16,18H,2-3,8-10H2,1H3,(H,27,28)/t13-,14+,16+,18-/m1/s1. The van der Waals surface area contributed by atoms with E-state index in [9.17, 15) is 9.18 Å². The summed E-state index contributed by atoms with van der Waals surface area (Å²) in [5, 5.41) is 5.83. The third-order valence-electron chi connectivity index (χ3n) is 6.65. The number of hydrogen-bond donors (Lipinski definition) is 1. The van der Waals surface area contributed by atoms with Gasteiger partial charge < -0.3 is 10.1 Å². The smallest absolute Gasteiger partial charge is 0.258 e. The molecule has 0 saturated heterocycles. The Morgan fingerprint density at radius 3 is 2.83 bits per heavy atom. The van der Waals surface area contributed by atoms with Gasteiger partial charge in [0.1, 0.15) is 17.0 Å². The van der Waals surface area contributed by atoms with Crippen molar-refractivity contribution < 1.29 is 13.9 Å². The van der Waals surface area contributed by atoms with Crippen LogP contribution >= 0.6 is 11.3 Å². The zero-order valence-electron chi connectivity index (χ0n) is 16.8. The molecule has 7 heteroatoms. The zero-order valence-corrected chi connectivity index (χ0v) is 17.6. The molecule has 0 radical (unpaired) electrons. The molecule has 1 amide bonds. The Kier molecular flexibility index (Phi) is 5.15. The lowest BCUT2D eigenvalue weighted by Crippen LogP contribution is -2.42. The number of aromatic nitrogens is 2. The summed E-state index contributed by atoms with van der Waals surface area (Å²) in [6, 6.07) is 6.45. The molecular weight excluding hydrogens is 401 g/mol. The van der Waals surface area contributed by atoms with Crippen molar-refractivity contribution >= 4 is 27.5 Å². The van der Waals surface area contributed by atoms with E-state index < -0.39 is 0 Å². The number of carbonyl (C=O) groups is 1. The molecule has 1 N–H and O–H groups in total. The molecule has 2 saturated carbocycles. The number of nitrogens with zero attached hydrogens (tertiary/aromatic N) is 2. The van der Waals surface area contributed by atoms with Crippen molar-refractivity contribution in [1.29, 1.82) is 0 Å². The molecule has 0 unspecified atom stereocenters. The predicted octanol–water partition coefficient (Wildman–Crippen LogP) is 4.82. The van der Waals surface area contributed by atoms with Crippen molar-refractivity contribution in [2.45, 2.75) is 38.6 Å². The van der Waals surface area contributed by atoms with Gasteiger partial charge in [0.2, 0.25) is 5.88 Å². The second kappa shape index (κ2) is 7.95. The highest BCUT2D eigenvalue weighted by atomic mass is 32.1. The van der Waals surface area contributed by atoms with Crippen LogP contribution in [0.5, 0.6) is 5.88 Å². The summed E-state index contributed by atoms with van der Waals surface area (Å²) in [4.78, 5) is 21.9. The van der Waals surface area contributed by atoms with Gasteiger partial charge in [-0.05, 0) is 61.6 Å². The van der Waals surface area contributed by atoms with Gasteiger partial charge in [-0.15, -0.1) is 11.3 Å². The molecule has 2 aliphatic carbocycles. The number of thiophene rings is 1. The minimum Gasteiger partial charge on any atom is -0.467 e. The number of hydrogen-bond acceptors (Lipinski definition) is 5. The summed E-state index contributed by atoms with van der Waals surface area (Å²) < 4.78 is 19.1. The summed E-state index contributed by atoms with van der Waals surface area (Å²) in [7, 11) is 0. The van der Waals surface area contributed by atoms with Crippen molar-refractivity contribution in [1.82, 2.24) is 15.3 Å². The molecule has 2 heterocycles. The van der Waals surface area contributed by atoms with Crippen LogP contribution < -0.4 is 10.1 Å². The van der Waals surface area contributed by atoms with Crippen LogP contribution in [0.25, 0.3) is 21.3 Å². The Labute approximate surface area is 178 Å². The minimum atomic E-state index is -0.285. The van der Waals surface area contributed by atoms with E-state index in [0.717, 1.165) is 33.2 Å². The van der Waals surface area contributed by atoms with Crippen LogP contribution in [0.1, 0.15) is 32.6 Å². The molecule has 3 aromatic rings. The molecule has 4 atom stereocenters. The van der Waals surface area contributed by atoms with Gasteiger partial charge in [0, 0.05) is 17.0 Å². The highest BCUT2D eigenvalue weighted by molar-refractivity contribution is 7.17. The van der Waals surface area contributed by atoms with Crippen LogP contribution in [0.3, 0.4) is 0 Å². The molecule has 2 aliphatic rings. The summed E-state index contributed by atoms with van der Waals surface area (Å²) in [6.45, 7) is 2.02. The lowest BCUT2D eigenvalue weighted by atomic mass is 9.84. The van der Waals surface area contributed by atoms with Crippen LogP contribution in [0.4, 0.5) is 4.39 Å². The van der Waals surface area contributed by atoms with Crippen molar-refractivity contribution in [3.63, 3.8) is 0 Å². The van der Waals surface area contributed by atoms with Gasteiger partial charge in [-0.3, -0.25) is 4.79 Å². The number of halogens is 1. The van der Waals surface area contributed by atoms with E-state index in [2.05, 4.69) is 22.2 Å². The first-order valence-electron chi connectivity index (χ1n) is 10.5. The average Bonchev–Trinajstić information content (AvgIpc) is 3.48. The molecule has 5 rings (SSSR count). The molecule has 1 aromatic carbocycles. The van der Waals surface area contributed by atoms with E-state index >= 15 is 0 Å². The number of nitrogens with one attached hydrogen (secondary N) is 1. The van der Waals surface area contributed by atoms with Crippen LogP contribution in [0.2, 0.25) is 0 Å². The van der Waals surface area contributed by atoms with Gasteiger partial charge in [-0.2, -0.15) is 0 Å². The van der Waals surface area contributed by atoms with Crippen molar-refractivity contribution in [3.05, 3.63) is 41.8 Å². The Balaban J connectivity index is 1.29. The first kappa shape index (κ1) is 19.4. The molecule has 2 aromatic heterocycles. The number of ether oxygens (including phenoxy) is 1. The van der Waals surface area contributed by atoms with Crippen molar-refractivity contribution in [3.8, 4) is 17.0 Å². The van der Waals surface area contributed by atoms with E-state index in [1.807, 2.05) is 5.38 Å². The Bertz CT molecular complexity index is 1070. The quantitative estimate of drug-likeness (QED) is 0.615. The van der Waals surface area contributed by atoms with Gasteiger partial charge in [0.05, 0.1) is 5.39 Å². The second-order valence-corrected chi connectivity index (χ2v) is 9.36. The van der Waals surface area contributed by atoms with Crippen molar-refractivity contribution in [2.75, 3.05) is 6.61 Å². The minimum absolute atomic E-state index is 0.0873. The molecule has 2 fully saturated rings. The van der Waals surface area contributed by atoms with Gasteiger partial charge >= 0.3 is 0 Å². The highest BCUT2D eigenvalue weighted by Gasteiger charge is 2.42. The monoisotopic (exact) mass is 425 g/mol. The van der Waals surface area contributed by atoms with Gasteiger partial charge in [0.15, 0.2) is 6.61 Å². The molecule has 156 valence electrons. The maximum Gasteiger partial charge on any atom is 0.258 e. The number of fused-ring (bicyclic) bond motifs is 3. The third-order valence-corrected chi connectivity index (χ3v) is 7.54. The molecule has 5 nitrogen and oxygen atoms in total. The molecule has 0 aliphatic heterocycles. The predicted molar refractivity (Wildman–Crippen MR) is 115 cm³/mol. The SMILES string of the molecule is C[C@@H](NC(=O)COc1ncnc2scc(-c3ccc(F)cc3)c12)[C@H]1C[C@H]2CC[C@H]1C2. The van der Waals surface area contributed by atoms with Crippen molar-refractivity contribution in [2.24, 2.45) is 17.8 Å². The Hall–Kier alpha value is -2.54. The van der Waals surface area contributed by atoms with E-state index in [4.69, 9.17) is 4.74 Å². The molecule has 2 bridgehead atoms. The largest absolute Gasteiger partial charge is 0.467 e. The highest BCUT2D eigenvalue weighted by Crippen LogP contribution is 2.49. The number of rotatable bonds is 6.